The molecule has 112 valence electrons. The lowest BCUT2D eigenvalue weighted by Crippen LogP contribution is -2.29. The molecule has 9 heteroatoms. The second-order valence-electron chi connectivity index (χ2n) is 4.34. The van der Waals surface area contributed by atoms with Crippen molar-refractivity contribution in [3.05, 3.63) is 55.8 Å². The normalized spacial score (nSPS) is 10.6. The summed E-state index contributed by atoms with van der Waals surface area (Å²) in [6.45, 7) is -0.184. The molecule has 0 aliphatic rings. The van der Waals surface area contributed by atoms with E-state index in [2.05, 4.69) is 38.3 Å². The van der Waals surface area contributed by atoms with Crippen LogP contribution in [-0.4, -0.2) is 25.7 Å². The summed E-state index contributed by atoms with van der Waals surface area (Å²) in [5, 5.41) is 12.7. The van der Waals surface area contributed by atoms with E-state index in [0.29, 0.717) is 10.7 Å². The quantitative estimate of drug-likeness (QED) is 0.644. The van der Waals surface area contributed by atoms with Gasteiger partial charge in [0.2, 0.25) is 5.91 Å². The molecule has 0 bridgehead atoms. The lowest BCUT2D eigenvalue weighted by atomic mass is 10.3. The van der Waals surface area contributed by atoms with Gasteiger partial charge in [0.05, 0.1) is 0 Å². The van der Waals surface area contributed by atoms with Crippen LogP contribution >= 0.6 is 33.9 Å². The minimum absolute atomic E-state index is 0.184. The summed E-state index contributed by atoms with van der Waals surface area (Å²) in [5.41, 5.74) is 0.226. The number of thiophene rings is 1. The van der Waals surface area contributed by atoms with Gasteiger partial charge in [0, 0.05) is 9.26 Å². The highest BCUT2D eigenvalue weighted by atomic mass is 127. The highest BCUT2D eigenvalue weighted by molar-refractivity contribution is 14.1. The summed E-state index contributed by atoms with van der Waals surface area (Å²) in [6, 6.07) is 10.9. The zero-order valence-electron chi connectivity index (χ0n) is 11.1. The first-order chi connectivity index (χ1) is 10.6. The van der Waals surface area contributed by atoms with Crippen LogP contribution in [0.25, 0.3) is 5.00 Å². The van der Waals surface area contributed by atoms with Crippen molar-refractivity contribution in [2.45, 2.75) is 6.54 Å². The molecule has 22 heavy (non-hydrogen) atoms. The zero-order valence-corrected chi connectivity index (χ0v) is 14.1. The second kappa shape index (κ2) is 6.40. The van der Waals surface area contributed by atoms with E-state index >= 15 is 0 Å². The first-order valence-corrected chi connectivity index (χ1v) is 8.21. The average Bonchev–Trinajstić information content (AvgIpc) is 3.12. The van der Waals surface area contributed by atoms with Gasteiger partial charge in [0.15, 0.2) is 0 Å². The van der Waals surface area contributed by atoms with Crippen molar-refractivity contribution in [3.8, 4) is 5.00 Å². The Hall–Kier alpha value is -2.01. The molecule has 7 nitrogen and oxygen atoms in total. The maximum atomic E-state index is 12.1. The monoisotopic (exact) mass is 427 g/mol. The molecule has 0 saturated heterocycles. The van der Waals surface area contributed by atoms with Crippen LogP contribution < -0.4 is 11.0 Å². The number of halogens is 1. The summed E-state index contributed by atoms with van der Waals surface area (Å²) in [5.74, 6) is -0.332. The number of tetrazole rings is 1. The molecule has 1 aromatic carbocycles. The molecule has 0 radical (unpaired) electrons. The lowest BCUT2D eigenvalue weighted by molar-refractivity contribution is -0.117. The highest BCUT2D eigenvalue weighted by Gasteiger charge is 2.12. The van der Waals surface area contributed by atoms with Gasteiger partial charge in [-0.3, -0.25) is 4.79 Å². The first-order valence-electron chi connectivity index (χ1n) is 6.25. The minimum Gasteiger partial charge on any atom is -0.324 e. The fourth-order valence-corrected chi connectivity index (χ4v) is 2.80. The number of hydrogen-bond donors (Lipinski definition) is 1. The van der Waals surface area contributed by atoms with E-state index in [0.717, 1.165) is 8.25 Å². The zero-order chi connectivity index (χ0) is 15.5. The van der Waals surface area contributed by atoms with Gasteiger partial charge >= 0.3 is 5.69 Å². The number of amides is 1. The van der Waals surface area contributed by atoms with Crippen molar-refractivity contribution >= 4 is 45.5 Å². The van der Waals surface area contributed by atoms with Crippen molar-refractivity contribution in [2.75, 3.05) is 5.32 Å². The molecule has 0 saturated carbocycles. The van der Waals surface area contributed by atoms with Gasteiger partial charge in [-0.25, -0.2) is 4.79 Å². The number of benzene rings is 1. The number of nitrogens with one attached hydrogen (secondary N) is 1. The van der Waals surface area contributed by atoms with Crippen LogP contribution in [0.5, 0.6) is 0 Å². The van der Waals surface area contributed by atoms with E-state index in [9.17, 15) is 9.59 Å². The summed E-state index contributed by atoms with van der Waals surface area (Å²) in [6.07, 6.45) is 0. The molecule has 0 aliphatic carbocycles. The van der Waals surface area contributed by atoms with E-state index in [1.165, 1.54) is 16.0 Å². The van der Waals surface area contributed by atoms with E-state index in [-0.39, 0.29) is 12.5 Å². The molecule has 3 rings (SSSR count). The molecule has 0 spiro atoms. The molecule has 1 amide bonds. The van der Waals surface area contributed by atoms with Crippen LogP contribution in [0.4, 0.5) is 5.69 Å². The maximum Gasteiger partial charge on any atom is 0.369 e. The highest BCUT2D eigenvalue weighted by Crippen LogP contribution is 2.11. The van der Waals surface area contributed by atoms with Crippen LogP contribution in [-0.2, 0) is 11.3 Å². The van der Waals surface area contributed by atoms with Crippen LogP contribution in [0, 0.1) is 3.57 Å². The smallest absolute Gasteiger partial charge is 0.324 e. The average molecular weight is 427 g/mol. The van der Waals surface area contributed by atoms with Crippen LogP contribution in [0.1, 0.15) is 0 Å². The number of carbonyl (C=O) groups is 1. The number of hydrogen-bond acceptors (Lipinski definition) is 5. The number of anilines is 1. The molecule has 0 atom stereocenters. The summed E-state index contributed by atoms with van der Waals surface area (Å²) >= 11 is 3.55. The largest absolute Gasteiger partial charge is 0.369 e. The third kappa shape index (κ3) is 3.25. The molecule has 0 fully saturated rings. The Morgan fingerprint density at radius 2 is 2.00 bits per heavy atom. The van der Waals surface area contributed by atoms with Gasteiger partial charge in [0.25, 0.3) is 0 Å². The number of rotatable bonds is 4. The fourth-order valence-electron chi connectivity index (χ4n) is 1.77. The van der Waals surface area contributed by atoms with Gasteiger partial charge in [-0.1, -0.05) is 0 Å². The lowest BCUT2D eigenvalue weighted by Gasteiger charge is -2.04. The van der Waals surface area contributed by atoms with Crippen molar-refractivity contribution in [3.63, 3.8) is 0 Å². The summed E-state index contributed by atoms with van der Waals surface area (Å²) in [4.78, 5) is 24.1. The second-order valence-corrected chi connectivity index (χ2v) is 6.51. The maximum absolute atomic E-state index is 12.1. The Balaban J connectivity index is 1.72. The molecular formula is C13H10IN5O2S. The summed E-state index contributed by atoms with van der Waals surface area (Å²) < 4.78 is 3.27. The van der Waals surface area contributed by atoms with E-state index in [1.54, 1.807) is 18.2 Å². The van der Waals surface area contributed by atoms with Gasteiger partial charge in [-0.15, -0.1) is 11.3 Å². The fraction of sp³-hybridized carbons (Fsp3) is 0.0769. The van der Waals surface area contributed by atoms with E-state index in [4.69, 9.17) is 0 Å². The number of aromatic nitrogens is 4. The van der Waals surface area contributed by atoms with E-state index in [1.807, 2.05) is 23.6 Å². The van der Waals surface area contributed by atoms with Crippen LogP contribution in [0.2, 0.25) is 0 Å². The van der Waals surface area contributed by atoms with Gasteiger partial charge in [-0.2, -0.15) is 9.36 Å². The van der Waals surface area contributed by atoms with Gasteiger partial charge < -0.3 is 5.32 Å². The molecule has 2 heterocycles. The van der Waals surface area contributed by atoms with Crippen LogP contribution in [0.3, 0.4) is 0 Å². The predicted octanol–water partition coefficient (Wildman–Crippen LogP) is 1.73. The number of carbonyl (C=O) groups excluding carboxylic acids is 1. The molecule has 3 aromatic rings. The predicted molar refractivity (Wildman–Crippen MR) is 91.3 cm³/mol. The topological polar surface area (TPSA) is 81.8 Å². The van der Waals surface area contributed by atoms with Gasteiger partial charge in [0.1, 0.15) is 11.5 Å². The third-order valence-electron chi connectivity index (χ3n) is 2.78. The van der Waals surface area contributed by atoms with Crippen molar-refractivity contribution in [1.82, 2.24) is 19.8 Å². The Bertz CT molecular complexity index is 838. The molecule has 1 N–H and O–H groups in total. The van der Waals surface area contributed by atoms with Crippen molar-refractivity contribution < 1.29 is 4.79 Å². The standard InChI is InChI=1S/C13H10IN5O2S/c14-9-3-5-10(6-4-9)15-11(20)8-18-13(21)19(17-16-18)12-2-1-7-22-12/h1-7H,8H2,(H,15,20). The van der Waals surface area contributed by atoms with Crippen molar-refractivity contribution in [2.24, 2.45) is 0 Å². The molecule has 0 unspecified atom stereocenters. The first kappa shape index (κ1) is 14.9. The number of nitrogens with zero attached hydrogens (tertiary/aromatic N) is 4. The Kier molecular flexibility index (Phi) is 4.34. The third-order valence-corrected chi connectivity index (χ3v) is 4.34. The minimum atomic E-state index is -0.444. The Labute approximate surface area is 142 Å². The molecule has 2 aromatic heterocycles. The van der Waals surface area contributed by atoms with E-state index < -0.39 is 5.69 Å². The van der Waals surface area contributed by atoms with Crippen molar-refractivity contribution in [1.29, 1.82) is 0 Å². The van der Waals surface area contributed by atoms with Gasteiger partial charge in [-0.05, 0) is 74.8 Å². The van der Waals surface area contributed by atoms with Crippen LogP contribution in [0.15, 0.2) is 46.6 Å². The summed E-state index contributed by atoms with van der Waals surface area (Å²) in [7, 11) is 0. The SMILES string of the molecule is O=C(Cn1nnn(-c2cccs2)c1=O)Nc1ccc(I)cc1. The Morgan fingerprint density at radius 1 is 1.23 bits per heavy atom. The molecule has 0 aliphatic heterocycles. The molecular weight excluding hydrogens is 417 g/mol. The Morgan fingerprint density at radius 3 is 2.68 bits per heavy atom.